The van der Waals surface area contributed by atoms with Crippen LogP contribution < -0.4 is 11.1 Å². The first-order valence-electron chi connectivity index (χ1n) is 9.18. The van der Waals surface area contributed by atoms with E-state index in [9.17, 15) is 39.9 Å². The Hall–Kier alpha value is -4.18. The average Bonchev–Trinajstić information content (AvgIpc) is 3.23. The second-order valence-electron chi connectivity index (χ2n) is 6.64. The van der Waals surface area contributed by atoms with E-state index in [1.807, 2.05) is 0 Å². The van der Waals surface area contributed by atoms with Crippen molar-refractivity contribution >= 4 is 23.6 Å². The number of carbonyl (C=O) groups is 1. The Balaban J connectivity index is 1.96. The molecule has 3 rings (SSSR count). The molecule has 0 spiro atoms. The number of nitrogens with zero attached hydrogens (tertiary/aromatic N) is 6. The summed E-state index contributed by atoms with van der Waals surface area (Å²) >= 11 is 0. The van der Waals surface area contributed by atoms with Gasteiger partial charge in [-0.3, -0.25) is 4.79 Å². The van der Waals surface area contributed by atoms with Crippen molar-refractivity contribution in [2.45, 2.75) is 18.8 Å². The van der Waals surface area contributed by atoms with Crippen molar-refractivity contribution in [3.63, 3.8) is 0 Å². The van der Waals surface area contributed by atoms with Gasteiger partial charge in [-0.05, 0) is 12.1 Å². The smallest absolute Gasteiger partial charge is 0.366 e. The molecule has 0 fully saturated rings. The molecule has 17 heteroatoms. The third-order valence-electron chi connectivity index (χ3n) is 4.08. The number of aromatic nitrogens is 6. The zero-order valence-corrected chi connectivity index (χ0v) is 16.9. The number of carbonyl (C=O) groups excluding carboxylic acids is 1. The lowest BCUT2D eigenvalue weighted by molar-refractivity contribution is -0.150. The number of nitrogens with one attached hydrogen (secondary N) is 1. The van der Waals surface area contributed by atoms with E-state index in [0.29, 0.717) is 12.1 Å². The molecule has 9 nitrogen and oxygen atoms in total. The van der Waals surface area contributed by atoms with Gasteiger partial charge in [-0.2, -0.15) is 26.3 Å². The first-order chi connectivity index (χ1) is 16.2. The van der Waals surface area contributed by atoms with Crippen LogP contribution in [0.2, 0.25) is 0 Å². The highest BCUT2D eigenvalue weighted by atomic mass is 19.4. The molecule has 0 saturated carbocycles. The summed E-state index contributed by atoms with van der Waals surface area (Å²) in [5.74, 6) is -1.73. The van der Waals surface area contributed by atoms with Crippen molar-refractivity contribution in [2.24, 2.45) is 5.73 Å². The zero-order chi connectivity index (χ0) is 26.0. The SMILES string of the molecule is NC(=O)/C(=C/n1cnc(-c2cc(C(F)(F)F)nc(C(F)(F)F)c2)n1)c1cnc(NCC(F)F)nc1. The standard InChI is InChI=1S/C18H12F8N8O/c19-13(20)5-30-16-28-3-9(4-29-16)10(14(27)35)6-34-7-31-15(33-34)8-1-11(17(21,22)23)32-12(2-8)18(24,25)26/h1-4,6-7,13H,5H2,(H2,27,35)(H,28,29,30)/b10-6+. The average molecular weight is 508 g/mol. The van der Waals surface area contributed by atoms with E-state index >= 15 is 0 Å². The monoisotopic (exact) mass is 508 g/mol. The number of pyridine rings is 1. The van der Waals surface area contributed by atoms with Crippen LogP contribution in [-0.2, 0) is 17.1 Å². The highest BCUT2D eigenvalue weighted by molar-refractivity contribution is 6.22. The number of hydrogen-bond donors (Lipinski definition) is 2. The van der Waals surface area contributed by atoms with Gasteiger partial charge in [-0.1, -0.05) is 0 Å². The first kappa shape index (κ1) is 25.4. The molecular formula is C18H12F8N8O. The summed E-state index contributed by atoms with van der Waals surface area (Å²) in [6.07, 6.45) is -8.99. The molecule has 0 aliphatic rings. The summed E-state index contributed by atoms with van der Waals surface area (Å²) in [4.78, 5) is 25.6. The topological polar surface area (TPSA) is 125 Å². The maximum Gasteiger partial charge on any atom is 0.433 e. The Kier molecular flexibility index (Phi) is 6.97. The summed E-state index contributed by atoms with van der Waals surface area (Å²) < 4.78 is 103. The Morgan fingerprint density at radius 1 is 1.03 bits per heavy atom. The molecule has 3 aromatic heterocycles. The van der Waals surface area contributed by atoms with E-state index in [-0.39, 0.29) is 17.1 Å². The number of hydrogen-bond acceptors (Lipinski definition) is 7. The van der Waals surface area contributed by atoms with Crippen molar-refractivity contribution < 1.29 is 39.9 Å². The van der Waals surface area contributed by atoms with Crippen LogP contribution in [0.15, 0.2) is 30.9 Å². The van der Waals surface area contributed by atoms with Gasteiger partial charge in [0.05, 0.1) is 12.1 Å². The summed E-state index contributed by atoms with van der Waals surface area (Å²) in [5.41, 5.74) is 0.812. The number of halogens is 8. The van der Waals surface area contributed by atoms with Crippen LogP contribution in [0.5, 0.6) is 0 Å². The molecule has 35 heavy (non-hydrogen) atoms. The summed E-state index contributed by atoms with van der Waals surface area (Å²) in [6, 6.07) is 0.680. The van der Waals surface area contributed by atoms with E-state index < -0.39 is 54.0 Å². The number of alkyl halides is 8. The lowest BCUT2D eigenvalue weighted by Gasteiger charge is -2.11. The third kappa shape index (κ3) is 6.45. The summed E-state index contributed by atoms with van der Waals surface area (Å²) in [6.45, 7) is -0.722. The van der Waals surface area contributed by atoms with Crippen molar-refractivity contribution in [1.29, 1.82) is 0 Å². The number of primary amides is 1. The van der Waals surface area contributed by atoms with Gasteiger partial charge >= 0.3 is 12.4 Å². The van der Waals surface area contributed by atoms with E-state index in [1.165, 1.54) is 0 Å². The van der Waals surface area contributed by atoms with Crippen LogP contribution in [0.3, 0.4) is 0 Å². The second-order valence-corrected chi connectivity index (χ2v) is 6.64. The Bertz CT molecular complexity index is 1200. The van der Waals surface area contributed by atoms with Crippen LogP contribution >= 0.6 is 0 Å². The fraction of sp³-hybridized carbons (Fsp3) is 0.222. The molecule has 0 bridgehead atoms. The van der Waals surface area contributed by atoms with E-state index in [1.54, 1.807) is 0 Å². The van der Waals surface area contributed by atoms with Gasteiger partial charge in [-0.15, -0.1) is 5.10 Å². The van der Waals surface area contributed by atoms with E-state index in [4.69, 9.17) is 5.73 Å². The predicted octanol–water partition coefficient (Wildman–Crippen LogP) is 3.33. The van der Waals surface area contributed by atoms with E-state index in [2.05, 4.69) is 30.4 Å². The van der Waals surface area contributed by atoms with Crippen LogP contribution in [0, 0.1) is 0 Å². The quantitative estimate of drug-likeness (QED) is 0.371. The molecule has 3 heterocycles. The molecule has 0 aromatic carbocycles. The minimum atomic E-state index is -5.17. The first-order valence-corrected chi connectivity index (χ1v) is 9.18. The van der Waals surface area contributed by atoms with Gasteiger partial charge in [0.1, 0.15) is 17.7 Å². The number of nitrogens with two attached hydrogens (primary N) is 1. The lowest BCUT2D eigenvalue weighted by atomic mass is 10.1. The molecule has 0 unspecified atom stereocenters. The maximum absolute atomic E-state index is 13.0. The largest absolute Gasteiger partial charge is 0.433 e. The number of amides is 1. The Morgan fingerprint density at radius 2 is 1.60 bits per heavy atom. The Labute approximate surface area is 189 Å². The highest BCUT2D eigenvalue weighted by Gasteiger charge is 2.39. The molecule has 0 aliphatic carbocycles. The minimum absolute atomic E-state index is 0.0137. The van der Waals surface area contributed by atoms with Crippen molar-refractivity contribution in [3.8, 4) is 11.4 Å². The van der Waals surface area contributed by atoms with Gasteiger partial charge in [0.2, 0.25) is 5.95 Å². The third-order valence-corrected chi connectivity index (χ3v) is 4.08. The van der Waals surface area contributed by atoms with Crippen LogP contribution in [0.25, 0.3) is 23.2 Å². The second kappa shape index (κ2) is 9.59. The van der Waals surface area contributed by atoms with Gasteiger partial charge in [0.25, 0.3) is 12.3 Å². The fourth-order valence-corrected chi connectivity index (χ4v) is 2.56. The van der Waals surface area contributed by atoms with Gasteiger partial charge in [0, 0.05) is 29.7 Å². The molecular weight excluding hydrogens is 496 g/mol. The van der Waals surface area contributed by atoms with Gasteiger partial charge in [0.15, 0.2) is 5.82 Å². The highest BCUT2D eigenvalue weighted by Crippen LogP contribution is 2.35. The van der Waals surface area contributed by atoms with Gasteiger partial charge < -0.3 is 11.1 Å². The molecule has 0 aliphatic heterocycles. The molecule has 3 aromatic rings. The molecule has 0 radical (unpaired) electrons. The molecule has 0 atom stereocenters. The fourth-order valence-electron chi connectivity index (χ4n) is 2.56. The van der Waals surface area contributed by atoms with Crippen molar-refractivity contribution in [1.82, 2.24) is 29.7 Å². The Morgan fingerprint density at radius 3 is 2.09 bits per heavy atom. The molecule has 0 saturated heterocycles. The number of rotatable bonds is 7. The minimum Gasteiger partial charge on any atom is -0.366 e. The lowest BCUT2D eigenvalue weighted by Crippen LogP contribution is -2.15. The van der Waals surface area contributed by atoms with E-state index in [0.717, 1.165) is 29.6 Å². The van der Waals surface area contributed by atoms with Crippen LogP contribution in [-0.4, -0.2) is 48.6 Å². The normalized spacial score (nSPS) is 12.8. The maximum atomic E-state index is 13.0. The molecule has 3 N–H and O–H groups in total. The summed E-state index contributed by atoms with van der Waals surface area (Å²) in [7, 11) is 0. The predicted molar refractivity (Wildman–Crippen MR) is 103 cm³/mol. The molecule has 1 amide bonds. The van der Waals surface area contributed by atoms with Crippen molar-refractivity contribution in [2.75, 3.05) is 11.9 Å². The van der Waals surface area contributed by atoms with Crippen molar-refractivity contribution in [3.05, 3.63) is 47.8 Å². The molecule has 186 valence electrons. The summed E-state index contributed by atoms with van der Waals surface area (Å²) in [5, 5.41) is 6.00. The van der Waals surface area contributed by atoms with Crippen LogP contribution in [0.4, 0.5) is 41.1 Å². The zero-order valence-electron chi connectivity index (χ0n) is 16.9. The van der Waals surface area contributed by atoms with Gasteiger partial charge in [-0.25, -0.2) is 33.4 Å². The van der Waals surface area contributed by atoms with Crippen LogP contribution in [0.1, 0.15) is 17.0 Å². The number of anilines is 1.